The van der Waals surface area contributed by atoms with Gasteiger partial charge < -0.3 is 10.6 Å². The van der Waals surface area contributed by atoms with Crippen LogP contribution in [0, 0.1) is 23.2 Å². The van der Waals surface area contributed by atoms with E-state index in [1.54, 1.807) is 44.4 Å². The molecule has 206 valence electrons. The molecule has 0 bridgehead atoms. The van der Waals surface area contributed by atoms with E-state index in [-0.39, 0.29) is 50.2 Å². The van der Waals surface area contributed by atoms with Crippen molar-refractivity contribution in [3.63, 3.8) is 0 Å². The summed E-state index contributed by atoms with van der Waals surface area (Å²) in [6.07, 6.45) is -2.26. The first-order valence-corrected chi connectivity index (χ1v) is 12.6. The summed E-state index contributed by atoms with van der Waals surface area (Å²) in [6.45, 7) is 1.86. The molecule has 5 nitrogen and oxygen atoms in total. The number of carbonyl (C=O) groups excluding carboxylic acids is 1. The van der Waals surface area contributed by atoms with E-state index in [1.165, 1.54) is 6.07 Å². The third kappa shape index (κ3) is 7.85. The van der Waals surface area contributed by atoms with Gasteiger partial charge in [-0.3, -0.25) is 10.2 Å². The average molecular weight is 537 g/mol. The van der Waals surface area contributed by atoms with Crippen molar-refractivity contribution in [3.05, 3.63) is 66.0 Å². The summed E-state index contributed by atoms with van der Waals surface area (Å²) in [5.74, 6) is -4.62. The lowest BCUT2D eigenvalue weighted by Gasteiger charge is -2.29. The van der Waals surface area contributed by atoms with Gasteiger partial charge in [-0.05, 0) is 48.8 Å². The van der Waals surface area contributed by atoms with Crippen molar-refractivity contribution < 1.29 is 26.7 Å². The summed E-state index contributed by atoms with van der Waals surface area (Å²) in [5, 5.41) is 14.5. The second-order valence-corrected chi connectivity index (χ2v) is 9.89. The standard InChI is InChI=1S/C28H33F5N4O/c1-18-14-27(29,30)12-6-9-20(26(38)25(34)23(17-35-2)19-7-4-3-5-8-19)13-21(18)15-36-24-11-10-22(16-37-24)28(31,32)33/h3-5,7-8,10-11,16-18,20-21,34-35H,6,9,12-15H2,1-2H3,(H,36,37)/b23-17-,34-25?/t18-,20?,21?/m1/s1. The molecule has 3 N–H and O–H groups in total. The zero-order chi connectivity index (χ0) is 27.9. The van der Waals surface area contributed by atoms with Gasteiger partial charge >= 0.3 is 6.18 Å². The van der Waals surface area contributed by atoms with Crippen LogP contribution in [0.2, 0.25) is 0 Å². The minimum absolute atomic E-state index is 0.153. The molecule has 0 aliphatic heterocycles. The summed E-state index contributed by atoms with van der Waals surface area (Å²) in [5.41, 5.74) is 0.0339. The number of allylic oxidation sites excluding steroid dienone is 1. The van der Waals surface area contributed by atoms with E-state index in [4.69, 9.17) is 5.41 Å². The molecule has 38 heavy (non-hydrogen) atoms. The molecule has 2 unspecified atom stereocenters. The Hall–Kier alpha value is -3.30. The molecule has 10 heteroatoms. The Labute approximate surface area is 219 Å². The lowest BCUT2D eigenvalue weighted by Crippen LogP contribution is -2.31. The summed E-state index contributed by atoms with van der Waals surface area (Å²) in [7, 11) is 1.67. The first-order valence-electron chi connectivity index (χ1n) is 12.6. The van der Waals surface area contributed by atoms with Crippen LogP contribution in [0.15, 0.2) is 54.9 Å². The van der Waals surface area contributed by atoms with Gasteiger partial charge in [0.2, 0.25) is 5.92 Å². The van der Waals surface area contributed by atoms with E-state index < -0.39 is 41.2 Å². The van der Waals surface area contributed by atoms with E-state index in [1.807, 2.05) is 6.07 Å². The Kier molecular flexibility index (Phi) is 9.62. The van der Waals surface area contributed by atoms with E-state index >= 15 is 0 Å². The fourth-order valence-corrected chi connectivity index (χ4v) is 4.89. The normalized spacial score (nSPS) is 22.5. The smallest absolute Gasteiger partial charge is 0.393 e. The first-order chi connectivity index (χ1) is 17.9. The Morgan fingerprint density at radius 2 is 1.89 bits per heavy atom. The predicted octanol–water partition coefficient (Wildman–Crippen LogP) is 6.83. The molecule has 1 saturated carbocycles. The fourth-order valence-electron chi connectivity index (χ4n) is 4.89. The number of hydrogen-bond donors (Lipinski definition) is 3. The molecule has 0 spiro atoms. The Morgan fingerprint density at radius 3 is 2.50 bits per heavy atom. The highest BCUT2D eigenvalue weighted by molar-refractivity contribution is 6.55. The van der Waals surface area contributed by atoms with Crippen molar-refractivity contribution in [3.8, 4) is 0 Å². The third-order valence-electron chi connectivity index (χ3n) is 7.00. The maximum absolute atomic E-state index is 14.6. The summed E-state index contributed by atoms with van der Waals surface area (Å²) in [4.78, 5) is 17.4. The van der Waals surface area contributed by atoms with E-state index in [2.05, 4.69) is 15.6 Å². The van der Waals surface area contributed by atoms with Crippen LogP contribution in [0.25, 0.3) is 5.57 Å². The molecule has 0 radical (unpaired) electrons. The number of pyridine rings is 1. The molecular weight excluding hydrogens is 503 g/mol. The van der Waals surface area contributed by atoms with Gasteiger partial charge in [-0.2, -0.15) is 13.2 Å². The van der Waals surface area contributed by atoms with Crippen LogP contribution >= 0.6 is 0 Å². The van der Waals surface area contributed by atoms with Gasteiger partial charge in [0.15, 0.2) is 5.78 Å². The minimum atomic E-state index is -4.51. The highest BCUT2D eigenvalue weighted by atomic mass is 19.4. The monoisotopic (exact) mass is 536 g/mol. The van der Waals surface area contributed by atoms with Crippen LogP contribution in [0.4, 0.5) is 27.8 Å². The fraction of sp³-hybridized carbons (Fsp3) is 0.464. The Balaban J connectivity index is 1.81. The molecule has 1 aromatic heterocycles. The van der Waals surface area contributed by atoms with E-state index in [9.17, 15) is 26.7 Å². The maximum atomic E-state index is 14.6. The van der Waals surface area contributed by atoms with Crippen LogP contribution in [0.1, 0.15) is 50.2 Å². The van der Waals surface area contributed by atoms with Gasteiger partial charge in [-0.15, -0.1) is 0 Å². The van der Waals surface area contributed by atoms with E-state index in [0.717, 1.165) is 12.3 Å². The number of nitrogens with one attached hydrogen (secondary N) is 3. The van der Waals surface area contributed by atoms with Crippen molar-refractivity contribution in [2.24, 2.45) is 17.8 Å². The van der Waals surface area contributed by atoms with Crippen molar-refractivity contribution >= 4 is 22.9 Å². The highest BCUT2D eigenvalue weighted by Gasteiger charge is 2.38. The zero-order valence-electron chi connectivity index (χ0n) is 21.4. The molecule has 1 aliphatic rings. The largest absolute Gasteiger partial charge is 0.417 e. The van der Waals surface area contributed by atoms with Gasteiger partial charge in [-0.25, -0.2) is 13.8 Å². The quantitative estimate of drug-likeness (QED) is 0.255. The number of nitrogens with zero attached hydrogens (tertiary/aromatic N) is 1. The topological polar surface area (TPSA) is 77.9 Å². The minimum Gasteiger partial charge on any atom is -0.393 e. The number of Topliss-reactive ketones (excluding diaryl/α,β-unsaturated/α-hetero) is 1. The van der Waals surface area contributed by atoms with Crippen molar-refractivity contribution in [1.29, 1.82) is 5.41 Å². The molecule has 3 atom stereocenters. The lowest BCUT2D eigenvalue weighted by atomic mass is 9.79. The van der Waals surface area contributed by atoms with Gasteiger partial charge in [-0.1, -0.05) is 37.3 Å². The van der Waals surface area contributed by atoms with Crippen molar-refractivity contribution in [2.45, 2.75) is 51.1 Å². The van der Waals surface area contributed by atoms with Gasteiger partial charge in [0.05, 0.1) is 5.56 Å². The third-order valence-corrected chi connectivity index (χ3v) is 7.00. The lowest BCUT2D eigenvalue weighted by molar-refractivity contribution is -0.137. The number of ketones is 1. The number of rotatable bonds is 8. The van der Waals surface area contributed by atoms with Crippen molar-refractivity contribution in [1.82, 2.24) is 10.3 Å². The zero-order valence-corrected chi connectivity index (χ0v) is 21.4. The second-order valence-electron chi connectivity index (χ2n) is 9.89. The maximum Gasteiger partial charge on any atom is 0.417 e. The molecule has 1 fully saturated rings. The molecule has 2 aromatic rings. The summed E-state index contributed by atoms with van der Waals surface area (Å²) < 4.78 is 67.8. The number of alkyl halides is 5. The van der Waals surface area contributed by atoms with Gasteiger partial charge in [0.1, 0.15) is 11.5 Å². The van der Waals surface area contributed by atoms with Crippen LogP contribution in [-0.4, -0.2) is 36.0 Å². The molecule has 3 rings (SSSR count). The molecule has 1 aromatic carbocycles. The first kappa shape index (κ1) is 29.3. The van der Waals surface area contributed by atoms with Crippen LogP contribution < -0.4 is 10.6 Å². The van der Waals surface area contributed by atoms with Crippen LogP contribution in [0.5, 0.6) is 0 Å². The Morgan fingerprint density at radius 1 is 1.18 bits per heavy atom. The average Bonchev–Trinajstić information content (AvgIpc) is 2.92. The Bertz CT molecular complexity index is 1120. The summed E-state index contributed by atoms with van der Waals surface area (Å²) >= 11 is 0. The molecule has 1 aliphatic carbocycles. The van der Waals surface area contributed by atoms with Crippen LogP contribution in [0.3, 0.4) is 0 Å². The highest BCUT2D eigenvalue weighted by Crippen LogP contribution is 2.38. The molecule has 1 heterocycles. The molecule has 0 amide bonds. The number of aromatic nitrogens is 1. The number of benzene rings is 1. The molecular formula is C28H33F5N4O. The predicted molar refractivity (Wildman–Crippen MR) is 138 cm³/mol. The summed E-state index contributed by atoms with van der Waals surface area (Å²) in [6, 6.07) is 11.1. The van der Waals surface area contributed by atoms with Crippen molar-refractivity contribution in [2.75, 3.05) is 18.9 Å². The van der Waals surface area contributed by atoms with Crippen LogP contribution in [-0.2, 0) is 11.0 Å². The number of anilines is 1. The van der Waals surface area contributed by atoms with E-state index in [0.29, 0.717) is 11.1 Å². The van der Waals surface area contributed by atoms with Gasteiger partial charge in [0.25, 0.3) is 0 Å². The molecule has 0 saturated heterocycles. The number of hydrogen-bond acceptors (Lipinski definition) is 5. The van der Waals surface area contributed by atoms with Gasteiger partial charge in [0, 0.05) is 50.3 Å². The SMILES string of the molecule is CN/C=C(\C(=N)C(=O)C1CCCC(F)(F)C[C@@H](C)C(CNc2ccc(C(F)(F)F)cn2)C1)c1ccccc1. The second kappa shape index (κ2) is 12.5. The number of carbonyl (C=O) groups is 1. The number of halogens is 5.